The lowest BCUT2D eigenvalue weighted by Gasteiger charge is -2.05. The van der Waals surface area contributed by atoms with Gasteiger partial charge in [0.15, 0.2) is 5.69 Å². The van der Waals surface area contributed by atoms with E-state index in [2.05, 4.69) is 20.8 Å². The number of fused-ring (bicyclic) bond motifs is 1. The minimum atomic E-state index is -0.161. The number of rotatable bonds is 7. The van der Waals surface area contributed by atoms with Gasteiger partial charge in [-0.1, -0.05) is 18.2 Å². The lowest BCUT2D eigenvalue weighted by molar-refractivity contribution is 0.0950. The highest BCUT2D eigenvalue weighted by Crippen LogP contribution is 2.14. The van der Waals surface area contributed by atoms with Gasteiger partial charge in [-0.25, -0.2) is 0 Å². The van der Waals surface area contributed by atoms with Crippen molar-refractivity contribution in [2.75, 3.05) is 33.4 Å². The second-order valence-corrected chi connectivity index (χ2v) is 4.12. The summed E-state index contributed by atoms with van der Waals surface area (Å²) in [5, 5.41) is 13.7. The number of para-hydroxylation sites is 1. The standard InChI is InChI=1S/C13H18N4O2/c1-19-9-8-14-6-7-15-13(18)12-10-4-2-3-5-11(10)16-17-12/h2-5,14H,6-9H2,1H3,(H,15,18)(H,16,17). The minimum Gasteiger partial charge on any atom is -0.383 e. The van der Waals surface area contributed by atoms with E-state index in [1.807, 2.05) is 24.3 Å². The van der Waals surface area contributed by atoms with Crippen LogP contribution in [0.3, 0.4) is 0 Å². The molecule has 102 valence electrons. The Hall–Kier alpha value is -1.92. The molecule has 0 saturated carbocycles. The monoisotopic (exact) mass is 262 g/mol. The van der Waals surface area contributed by atoms with E-state index in [-0.39, 0.29) is 5.91 Å². The topological polar surface area (TPSA) is 79.0 Å². The Morgan fingerprint density at radius 3 is 3.00 bits per heavy atom. The van der Waals surface area contributed by atoms with Crippen molar-refractivity contribution in [3.8, 4) is 0 Å². The van der Waals surface area contributed by atoms with Crippen LogP contribution in [-0.2, 0) is 4.74 Å². The molecule has 1 aromatic heterocycles. The zero-order valence-corrected chi connectivity index (χ0v) is 10.9. The van der Waals surface area contributed by atoms with Crippen LogP contribution in [0.4, 0.5) is 0 Å². The summed E-state index contributed by atoms with van der Waals surface area (Å²) in [5.41, 5.74) is 1.30. The molecule has 0 spiro atoms. The van der Waals surface area contributed by atoms with Crippen LogP contribution >= 0.6 is 0 Å². The average molecular weight is 262 g/mol. The summed E-state index contributed by atoms with van der Waals surface area (Å²) in [7, 11) is 1.66. The van der Waals surface area contributed by atoms with Crippen LogP contribution in [0, 0.1) is 0 Å². The first-order valence-corrected chi connectivity index (χ1v) is 6.24. The summed E-state index contributed by atoms with van der Waals surface area (Å²) in [6, 6.07) is 7.57. The molecule has 0 unspecified atom stereocenters. The van der Waals surface area contributed by atoms with E-state index in [1.54, 1.807) is 7.11 Å². The van der Waals surface area contributed by atoms with Gasteiger partial charge in [0, 0.05) is 32.1 Å². The Balaban J connectivity index is 1.83. The Morgan fingerprint density at radius 2 is 2.16 bits per heavy atom. The zero-order chi connectivity index (χ0) is 13.5. The molecular formula is C13H18N4O2. The molecule has 0 aliphatic rings. The van der Waals surface area contributed by atoms with E-state index in [4.69, 9.17) is 4.74 Å². The first kappa shape index (κ1) is 13.5. The van der Waals surface area contributed by atoms with Crippen molar-refractivity contribution in [2.45, 2.75) is 0 Å². The maximum absolute atomic E-state index is 12.0. The van der Waals surface area contributed by atoms with E-state index in [1.165, 1.54) is 0 Å². The lowest BCUT2D eigenvalue weighted by Crippen LogP contribution is -2.33. The van der Waals surface area contributed by atoms with Crippen molar-refractivity contribution in [1.29, 1.82) is 0 Å². The maximum atomic E-state index is 12.0. The molecular weight excluding hydrogens is 244 g/mol. The summed E-state index contributed by atoms with van der Waals surface area (Å²) in [5.74, 6) is -0.161. The second-order valence-electron chi connectivity index (χ2n) is 4.12. The molecule has 6 heteroatoms. The van der Waals surface area contributed by atoms with Crippen molar-refractivity contribution in [2.24, 2.45) is 0 Å². The van der Waals surface area contributed by atoms with Crippen LogP contribution in [0.1, 0.15) is 10.5 Å². The average Bonchev–Trinajstić information content (AvgIpc) is 2.86. The third-order valence-electron chi connectivity index (χ3n) is 2.76. The van der Waals surface area contributed by atoms with Crippen LogP contribution < -0.4 is 10.6 Å². The van der Waals surface area contributed by atoms with Crippen LogP contribution in [0.2, 0.25) is 0 Å². The quantitative estimate of drug-likeness (QED) is 0.636. The number of nitrogens with zero attached hydrogens (tertiary/aromatic N) is 1. The van der Waals surface area contributed by atoms with Crippen molar-refractivity contribution < 1.29 is 9.53 Å². The number of carbonyl (C=O) groups excluding carboxylic acids is 1. The minimum absolute atomic E-state index is 0.161. The fraction of sp³-hybridized carbons (Fsp3) is 0.385. The molecule has 3 N–H and O–H groups in total. The number of ether oxygens (including phenoxy) is 1. The summed E-state index contributed by atoms with van der Waals surface area (Å²) < 4.78 is 4.91. The normalized spacial score (nSPS) is 10.8. The number of hydrogen-bond acceptors (Lipinski definition) is 4. The smallest absolute Gasteiger partial charge is 0.272 e. The molecule has 0 aliphatic carbocycles. The predicted molar refractivity (Wildman–Crippen MR) is 73.2 cm³/mol. The third kappa shape index (κ3) is 3.52. The number of aromatic nitrogens is 2. The van der Waals surface area contributed by atoms with Gasteiger partial charge in [-0.15, -0.1) is 0 Å². The number of hydrogen-bond donors (Lipinski definition) is 3. The van der Waals surface area contributed by atoms with E-state index in [9.17, 15) is 4.79 Å². The Kier molecular flexibility index (Phi) is 4.88. The highest BCUT2D eigenvalue weighted by atomic mass is 16.5. The molecule has 0 atom stereocenters. The molecule has 1 heterocycles. The van der Waals surface area contributed by atoms with Crippen LogP contribution in [0.15, 0.2) is 24.3 Å². The van der Waals surface area contributed by atoms with Crippen LogP contribution in [0.5, 0.6) is 0 Å². The predicted octanol–water partition coefficient (Wildman–Crippen LogP) is 0.529. The van der Waals surface area contributed by atoms with Gasteiger partial charge in [0.2, 0.25) is 0 Å². The molecule has 0 aliphatic heterocycles. The Bertz CT molecular complexity index is 538. The van der Waals surface area contributed by atoms with Gasteiger partial charge in [0.25, 0.3) is 5.91 Å². The lowest BCUT2D eigenvalue weighted by atomic mass is 10.2. The first-order chi connectivity index (χ1) is 9.33. The number of nitrogens with one attached hydrogen (secondary N) is 3. The molecule has 1 amide bonds. The van der Waals surface area contributed by atoms with Gasteiger partial charge in [0.1, 0.15) is 0 Å². The third-order valence-corrected chi connectivity index (χ3v) is 2.76. The van der Waals surface area contributed by atoms with Crippen LogP contribution in [0.25, 0.3) is 10.9 Å². The fourth-order valence-electron chi connectivity index (χ4n) is 1.78. The maximum Gasteiger partial charge on any atom is 0.272 e. The Labute approximate surface area is 111 Å². The van der Waals surface area contributed by atoms with Crippen molar-refractivity contribution in [1.82, 2.24) is 20.8 Å². The second kappa shape index (κ2) is 6.86. The summed E-state index contributed by atoms with van der Waals surface area (Å²) in [6.45, 7) is 2.71. The molecule has 0 radical (unpaired) electrons. The van der Waals surface area contributed by atoms with E-state index >= 15 is 0 Å². The van der Waals surface area contributed by atoms with E-state index < -0.39 is 0 Å². The number of methoxy groups -OCH3 is 1. The van der Waals surface area contributed by atoms with Gasteiger partial charge < -0.3 is 15.4 Å². The van der Waals surface area contributed by atoms with Gasteiger partial charge in [-0.05, 0) is 6.07 Å². The largest absolute Gasteiger partial charge is 0.383 e. The zero-order valence-electron chi connectivity index (χ0n) is 10.9. The molecule has 6 nitrogen and oxygen atoms in total. The van der Waals surface area contributed by atoms with Gasteiger partial charge in [-0.2, -0.15) is 5.10 Å². The number of carbonyl (C=O) groups is 1. The Morgan fingerprint density at radius 1 is 1.32 bits per heavy atom. The molecule has 2 aromatic rings. The molecule has 1 aromatic carbocycles. The van der Waals surface area contributed by atoms with E-state index in [0.717, 1.165) is 17.4 Å². The van der Waals surface area contributed by atoms with E-state index in [0.29, 0.717) is 25.4 Å². The van der Waals surface area contributed by atoms with Gasteiger partial charge in [0.05, 0.1) is 12.1 Å². The van der Waals surface area contributed by atoms with Gasteiger partial charge in [-0.3, -0.25) is 9.89 Å². The number of benzene rings is 1. The molecule has 19 heavy (non-hydrogen) atoms. The summed E-state index contributed by atoms with van der Waals surface area (Å²) in [6.07, 6.45) is 0. The first-order valence-electron chi connectivity index (χ1n) is 6.24. The number of H-pyrrole nitrogens is 1. The highest BCUT2D eigenvalue weighted by molar-refractivity contribution is 6.04. The van der Waals surface area contributed by atoms with Gasteiger partial charge >= 0.3 is 0 Å². The summed E-state index contributed by atoms with van der Waals surface area (Å²) in [4.78, 5) is 12.0. The van der Waals surface area contributed by atoms with Crippen LogP contribution in [-0.4, -0.2) is 49.5 Å². The fourth-order valence-corrected chi connectivity index (χ4v) is 1.78. The summed E-state index contributed by atoms with van der Waals surface area (Å²) >= 11 is 0. The number of aromatic amines is 1. The molecule has 0 saturated heterocycles. The molecule has 2 rings (SSSR count). The van der Waals surface area contributed by atoms with Crippen molar-refractivity contribution in [3.05, 3.63) is 30.0 Å². The molecule has 0 bridgehead atoms. The van der Waals surface area contributed by atoms with Crippen molar-refractivity contribution >= 4 is 16.8 Å². The SMILES string of the molecule is COCCNCCNC(=O)c1n[nH]c2ccccc12. The number of amides is 1. The van der Waals surface area contributed by atoms with Crippen molar-refractivity contribution in [3.63, 3.8) is 0 Å². The highest BCUT2D eigenvalue weighted by Gasteiger charge is 2.12. The molecule has 0 fully saturated rings.